The van der Waals surface area contributed by atoms with Crippen molar-refractivity contribution in [3.8, 4) is 0 Å². The highest BCUT2D eigenvalue weighted by atomic mass is 35.5. The Hall–Kier alpha value is -1.04. The summed E-state index contributed by atoms with van der Waals surface area (Å²) in [6, 6.07) is 5.51. The van der Waals surface area contributed by atoms with E-state index in [2.05, 4.69) is 39.2 Å². The number of amides is 1. The molecule has 0 heterocycles. The molecule has 0 aromatic heterocycles. The van der Waals surface area contributed by atoms with Crippen molar-refractivity contribution >= 4 is 31.7 Å². The number of rotatable bonds is 4. The number of anilines is 1. The van der Waals surface area contributed by atoms with Gasteiger partial charge in [0, 0.05) is 0 Å². The Kier molecular flexibility index (Phi) is 6.53. The minimum absolute atomic E-state index is 0.150. The van der Waals surface area contributed by atoms with Gasteiger partial charge in [-0.2, -0.15) is 0 Å². The van der Waals surface area contributed by atoms with Crippen molar-refractivity contribution in [2.24, 2.45) is 0 Å². The zero-order valence-electron chi connectivity index (χ0n) is 16.0. The van der Waals surface area contributed by atoms with Crippen molar-refractivity contribution in [3.05, 3.63) is 28.8 Å². The Morgan fingerprint density at radius 3 is 2.25 bits per heavy atom. The molecule has 1 amide bonds. The molecule has 0 unspecified atom stereocenters. The van der Waals surface area contributed by atoms with Crippen molar-refractivity contribution in [1.29, 1.82) is 0 Å². The van der Waals surface area contributed by atoms with Crippen LogP contribution >= 0.6 is 11.6 Å². The van der Waals surface area contributed by atoms with Gasteiger partial charge in [0.1, 0.15) is 5.60 Å². The average molecular weight is 372 g/mol. The Labute approximate surface area is 152 Å². The van der Waals surface area contributed by atoms with E-state index in [1.165, 1.54) is 0 Å². The van der Waals surface area contributed by atoms with E-state index in [0.717, 1.165) is 5.56 Å². The Bertz CT molecular complexity index is 589. The highest BCUT2D eigenvalue weighted by molar-refractivity contribution is 6.74. The maximum Gasteiger partial charge on any atom is 0.412 e. The number of halogens is 1. The van der Waals surface area contributed by atoms with Crippen LogP contribution in [0.3, 0.4) is 0 Å². The van der Waals surface area contributed by atoms with Crippen LogP contribution in [0.1, 0.15) is 47.1 Å². The molecule has 1 aromatic rings. The minimum Gasteiger partial charge on any atom is -0.444 e. The highest BCUT2D eigenvalue weighted by Gasteiger charge is 2.37. The van der Waals surface area contributed by atoms with Crippen LogP contribution in [-0.4, -0.2) is 20.0 Å². The van der Waals surface area contributed by atoms with Gasteiger partial charge < -0.3 is 9.16 Å². The lowest BCUT2D eigenvalue weighted by Crippen LogP contribution is -2.40. The highest BCUT2D eigenvalue weighted by Crippen LogP contribution is 2.37. The molecule has 1 aromatic carbocycles. The fourth-order valence-electron chi connectivity index (χ4n) is 1.65. The Morgan fingerprint density at radius 2 is 1.75 bits per heavy atom. The molecule has 0 radical (unpaired) electrons. The number of ether oxygens (including phenoxy) is 1. The molecule has 0 atom stereocenters. The van der Waals surface area contributed by atoms with Crippen molar-refractivity contribution in [2.45, 2.75) is 71.9 Å². The summed E-state index contributed by atoms with van der Waals surface area (Å²) in [5.74, 6) is 0. The summed E-state index contributed by atoms with van der Waals surface area (Å²) in [6.45, 7) is 17.0. The van der Waals surface area contributed by atoms with Crippen molar-refractivity contribution in [1.82, 2.24) is 0 Å². The first-order valence-corrected chi connectivity index (χ1v) is 11.4. The van der Waals surface area contributed by atoms with Gasteiger partial charge >= 0.3 is 6.09 Å². The molecule has 0 aliphatic heterocycles. The molecular formula is C18H30ClNO3Si. The number of nitrogens with one attached hydrogen (secondary N) is 1. The number of carbonyl (C=O) groups excluding carboxylic acids is 1. The fourth-order valence-corrected chi connectivity index (χ4v) is 2.78. The standard InChI is InChI=1S/C18H30ClNO3Si/c1-17(2,3)23-16(21)20-15-11-13(9-10-14(15)19)12-22-24(7,8)18(4,5)6/h9-11H,12H2,1-8H3,(H,20,21). The molecule has 0 fully saturated rings. The van der Waals surface area contributed by atoms with Crippen LogP contribution in [0.5, 0.6) is 0 Å². The van der Waals surface area contributed by atoms with Crippen LogP contribution in [0.25, 0.3) is 0 Å². The third kappa shape index (κ3) is 6.46. The van der Waals surface area contributed by atoms with Crippen molar-refractivity contribution in [3.63, 3.8) is 0 Å². The van der Waals surface area contributed by atoms with Gasteiger partial charge in [-0.25, -0.2) is 4.79 Å². The molecular weight excluding hydrogens is 342 g/mol. The maximum absolute atomic E-state index is 11.9. The molecule has 0 aliphatic carbocycles. The Morgan fingerprint density at radius 1 is 1.17 bits per heavy atom. The molecule has 136 valence electrons. The van der Waals surface area contributed by atoms with E-state index in [9.17, 15) is 4.79 Å². The van der Waals surface area contributed by atoms with Crippen molar-refractivity contribution in [2.75, 3.05) is 5.32 Å². The second-order valence-corrected chi connectivity index (χ2v) is 13.7. The lowest BCUT2D eigenvalue weighted by Gasteiger charge is -2.36. The van der Waals surface area contributed by atoms with E-state index < -0.39 is 20.0 Å². The first-order chi connectivity index (χ1) is 10.7. The zero-order valence-corrected chi connectivity index (χ0v) is 17.8. The third-order valence-electron chi connectivity index (χ3n) is 4.07. The molecule has 0 saturated carbocycles. The van der Waals surface area contributed by atoms with E-state index in [1.807, 2.05) is 32.9 Å². The first-order valence-electron chi connectivity index (χ1n) is 8.14. The van der Waals surface area contributed by atoms with E-state index in [4.69, 9.17) is 20.8 Å². The summed E-state index contributed by atoms with van der Waals surface area (Å²) < 4.78 is 11.5. The second-order valence-electron chi connectivity index (χ2n) is 8.49. The molecule has 1 N–H and O–H groups in total. The summed E-state index contributed by atoms with van der Waals surface area (Å²) in [6.07, 6.45) is -0.521. The number of hydrogen-bond donors (Lipinski definition) is 1. The quantitative estimate of drug-likeness (QED) is 0.640. The molecule has 6 heteroatoms. The zero-order chi connectivity index (χ0) is 18.8. The normalized spacial score (nSPS) is 12.9. The predicted octanol–water partition coefficient (Wildman–Crippen LogP) is 6.21. The third-order valence-corrected chi connectivity index (χ3v) is 8.88. The van der Waals surface area contributed by atoms with Crippen LogP contribution in [0.2, 0.25) is 23.2 Å². The molecule has 0 aliphatic rings. The van der Waals surface area contributed by atoms with Crippen LogP contribution < -0.4 is 5.32 Å². The Balaban J connectivity index is 2.82. The van der Waals surface area contributed by atoms with Crippen LogP contribution in [0, 0.1) is 0 Å². The molecule has 0 saturated heterocycles. The summed E-state index contributed by atoms with van der Waals surface area (Å²) >= 11 is 6.17. The largest absolute Gasteiger partial charge is 0.444 e. The summed E-state index contributed by atoms with van der Waals surface area (Å²) in [7, 11) is -1.83. The molecule has 24 heavy (non-hydrogen) atoms. The van der Waals surface area contributed by atoms with Gasteiger partial charge in [-0.1, -0.05) is 38.4 Å². The monoisotopic (exact) mass is 371 g/mol. The number of hydrogen-bond acceptors (Lipinski definition) is 3. The van der Waals surface area contributed by atoms with Gasteiger partial charge in [-0.3, -0.25) is 5.32 Å². The predicted molar refractivity (Wildman–Crippen MR) is 103 cm³/mol. The molecule has 1 rings (SSSR count). The van der Waals surface area contributed by atoms with E-state index in [1.54, 1.807) is 6.07 Å². The molecule has 0 spiro atoms. The van der Waals surface area contributed by atoms with Gasteiger partial charge in [-0.15, -0.1) is 0 Å². The SMILES string of the molecule is CC(C)(C)OC(=O)Nc1cc(CO[Si](C)(C)C(C)(C)C)ccc1Cl. The van der Waals surface area contributed by atoms with Gasteiger partial charge in [0.15, 0.2) is 8.32 Å². The summed E-state index contributed by atoms with van der Waals surface area (Å²) in [5, 5.41) is 3.32. The van der Waals surface area contributed by atoms with Crippen molar-refractivity contribution < 1.29 is 14.0 Å². The first kappa shape index (κ1) is 21.0. The van der Waals surface area contributed by atoms with Gasteiger partial charge in [0.05, 0.1) is 17.3 Å². The number of benzene rings is 1. The van der Waals surface area contributed by atoms with Crippen LogP contribution in [-0.2, 0) is 15.8 Å². The van der Waals surface area contributed by atoms with Gasteiger partial charge in [0.25, 0.3) is 0 Å². The van der Waals surface area contributed by atoms with Gasteiger partial charge in [0.2, 0.25) is 0 Å². The molecule has 0 bridgehead atoms. The fraction of sp³-hybridized carbons (Fsp3) is 0.611. The topological polar surface area (TPSA) is 47.6 Å². The number of carbonyl (C=O) groups is 1. The lowest BCUT2D eigenvalue weighted by atomic mass is 10.2. The van der Waals surface area contributed by atoms with Gasteiger partial charge in [-0.05, 0) is 56.6 Å². The smallest absolute Gasteiger partial charge is 0.412 e. The summed E-state index contributed by atoms with van der Waals surface area (Å²) in [4.78, 5) is 11.9. The van der Waals surface area contributed by atoms with E-state index in [-0.39, 0.29) is 5.04 Å². The van der Waals surface area contributed by atoms with E-state index >= 15 is 0 Å². The van der Waals surface area contributed by atoms with E-state index in [0.29, 0.717) is 17.3 Å². The van der Waals surface area contributed by atoms with Crippen LogP contribution in [0.15, 0.2) is 18.2 Å². The molecule has 4 nitrogen and oxygen atoms in total. The lowest BCUT2D eigenvalue weighted by molar-refractivity contribution is 0.0636. The average Bonchev–Trinajstić information content (AvgIpc) is 2.36. The maximum atomic E-state index is 11.9. The van der Waals surface area contributed by atoms with Crippen LogP contribution in [0.4, 0.5) is 10.5 Å². The second kappa shape index (κ2) is 7.46. The minimum atomic E-state index is -1.83. The summed E-state index contributed by atoms with van der Waals surface area (Å²) in [5.41, 5.74) is 0.942.